The van der Waals surface area contributed by atoms with E-state index in [1.807, 2.05) is 0 Å². The molecule has 0 spiro atoms. The van der Waals surface area contributed by atoms with E-state index >= 15 is 0 Å². The van der Waals surface area contributed by atoms with E-state index in [4.69, 9.17) is 24.4 Å². The molecule has 0 bridgehead atoms. The van der Waals surface area contributed by atoms with Gasteiger partial charge in [-0.2, -0.15) is 0 Å². The molecule has 5 heteroatoms. The van der Waals surface area contributed by atoms with Crippen molar-refractivity contribution in [3.05, 3.63) is 12.8 Å². The van der Waals surface area contributed by atoms with Crippen LogP contribution in [0.2, 0.25) is 0 Å². The van der Waals surface area contributed by atoms with Crippen molar-refractivity contribution in [3.63, 3.8) is 0 Å². The molecule has 0 heterocycles. The van der Waals surface area contributed by atoms with Gasteiger partial charge < -0.3 is 24.4 Å². The minimum atomic E-state index is -0.244. The quantitative estimate of drug-likeness (QED) is 0.374. The van der Waals surface area contributed by atoms with Gasteiger partial charge in [-0.3, -0.25) is 0 Å². The fraction of sp³-hybridized carbons (Fsp3) is 0.778. The maximum Gasteiger partial charge on any atom is 0.116 e. The molecule has 1 atom stereocenters. The first-order chi connectivity index (χ1) is 6.85. The summed E-state index contributed by atoms with van der Waals surface area (Å²) in [6.45, 7) is 4.52. The predicted molar refractivity (Wildman–Crippen MR) is 50.9 cm³/mol. The molecule has 0 aliphatic heterocycles. The van der Waals surface area contributed by atoms with Gasteiger partial charge in [-0.15, -0.1) is 0 Å². The Morgan fingerprint density at radius 1 is 1.14 bits per heavy atom. The Hall–Kier alpha value is -0.620. The Morgan fingerprint density at radius 3 is 2.43 bits per heavy atom. The normalized spacial score (nSPS) is 12.4. The first-order valence-corrected chi connectivity index (χ1v) is 4.48. The molecule has 0 aliphatic carbocycles. The standard InChI is InChI=1S/C9H18O5/c1-2-12-7-9(14-6-4-11)8-13-5-3-10/h2,9-11H,1,3-8H2. The third kappa shape index (κ3) is 8.00. The number of aliphatic hydroxyl groups is 2. The van der Waals surface area contributed by atoms with E-state index in [2.05, 4.69) is 6.58 Å². The molecule has 1 unspecified atom stereocenters. The van der Waals surface area contributed by atoms with Crippen LogP contribution in [-0.4, -0.2) is 56.0 Å². The van der Waals surface area contributed by atoms with Crippen molar-refractivity contribution >= 4 is 0 Å². The lowest BCUT2D eigenvalue weighted by Gasteiger charge is -2.16. The summed E-state index contributed by atoms with van der Waals surface area (Å²) in [4.78, 5) is 0. The summed E-state index contributed by atoms with van der Waals surface area (Å²) < 4.78 is 15.2. The Labute approximate surface area is 83.9 Å². The molecule has 0 aromatic heterocycles. The maximum atomic E-state index is 8.55. The Bertz CT molecular complexity index is 128. The Balaban J connectivity index is 3.54. The second kappa shape index (κ2) is 10.5. The zero-order chi connectivity index (χ0) is 10.6. The highest BCUT2D eigenvalue weighted by Crippen LogP contribution is 1.95. The van der Waals surface area contributed by atoms with Crippen LogP contribution in [0.15, 0.2) is 12.8 Å². The number of hydrogen-bond acceptors (Lipinski definition) is 5. The van der Waals surface area contributed by atoms with Crippen molar-refractivity contribution in [2.75, 3.05) is 39.6 Å². The van der Waals surface area contributed by atoms with E-state index in [0.29, 0.717) is 13.2 Å². The fourth-order valence-electron chi connectivity index (χ4n) is 0.818. The zero-order valence-corrected chi connectivity index (χ0v) is 8.22. The Kier molecular flexibility index (Phi) is 10.00. The zero-order valence-electron chi connectivity index (χ0n) is 8.22. The van der Waals surface area contributed by atoms with E-state index in [-0.39, 0.29) is 32.5 Å². The molecule has 5 nitrogen and oxygen atoms in total. The van der Waals surface area contributed by atoms with Crippen LogP contribution in [0, 0.1) is 0 Å². The molecule has 0 aromatic carbocycles. The van der Waals surface area contributed by atoms with Crippen molar-refractivity contribution in [3.8, 4) is 0 Å². The minimum absolute atomic E-state index is 0.0188. The molecule has 0 fully saturated rings. The molecule has 0 saturated carbocycles. The second-order valence-electron chi connectivity index (χ2n) is 2.51. The molecular weight excluding hydrogens is 188 g/mol. The molecule has 0 aliphatic rings. The van der Waals surface area contributed by atoms with Crippen molar-refractivity contribution in [2.45, 2.75) is 6.10 Å². The van der Waals surface area contributed by atoms with Crippen LogP contribution in [0.4, 0.5) is 0 Å². The second-order valence-corrected chi connectivity index (χ2v) is 2.51. The van der Waals surface area contributed by atoms with E-state index < -0.39 is 0 Å². The van der Waals surface area contributed by atoms with Gasteiger partial charge >= 0.3 is 0 Å². The van der Waals surface area contributed by atoms with Gasteiger partial charge in [-0.05, 0) is 0 Å². The fourth-order valence-corrected chi connectivity index (χ4v) is 0.818. The lowest BCUT2D eigenvalue weighted by molar-refractivity contribution is -0.0573. The summed E-state index contributed by atoms with van der Waals surface area (Å²) >= 11 is 0. The SMILES string of the molecule is C=COCC(COCCO)OCCO. The van der Waals surface area contributed by atoms with Crippen LogP contribution >= 0.6 is 0 Å². The average Bonchev–Trinajstić information content (AvgIpc) is 2.21. The molecule has 0 radical (unpaired) electrons. The number of aliphatic hydroxyl groups excluding tert-OH is 2. The molecule has 0 saturated heterocycles. The van der Waals surface area contributed by atoms with Crippen molar-refractivity contribution in [1.82, 2.24) is 0 Å². The van der Waals surface area contributed by atoms with Gasteiger partial charge in [0.15, 0.2) is 0 Å². The molecule has 0 rings (SSSR count). The van der Waals surface area contributed by atoms with Crippen molar-refractivity contribution in [1.29, 1.82) is 0 Å². The summed E-state index contributed by atoms with van der Waals surface area (Å²) in [7, 11) is 0. The first kappa shape index (κ1) is 13.4. The highest BCUT2D eigenvalue weighted by Gasteiger charge is 2.08. The summed E-state index contributed by atoms with van der Waals surface area (Å²) in [6.07, 6.45) is 1.08. The molecule has 14 heavy (non-hydrogen) atoms. The van der Waals surface area contributed by atoms with Gasteiger partial charge in [-0.25, -0.2) is 0 Å². The predicted octanol–water partition coefficient (Wildman–Crippen LogP) is -0.467. The monoisotopic (exact) mass is 206 g/mol. The van der Waals surface area contributed by atoms with Crippen molar-refractivity contribution in [2.24, 2.45) is 0 Å². The molecule has 84 valence electrons. The Morgan fingerprint density at radius 2 is 1.86 bits per heavy atom. The number of hydrogen-bond donors (Lipinski definition) is 2. The molecule has 0 amide bonds. The van der Waals surface area contributed by atoms with Crippen LogP contribution in [0.25, 0.3) is 0 Å². The molecular formula is C9H18O5. The van der Waals surface area contributed by atoms with Crippen LogP contribution in [0.3, 0.4) is 0 Å². The van der Waals surface area contributed by atoms with Crippen LogP contribution < -0.4 is 0 Å². The summed E-state index contributed by atoms with van der Waals surface area (Å²) in [6, 6.07) is 0. The topological polar surface area (TPSA) is 68.2 Å². The summed E-state index contributed by atoms with van der Waals surface area (Å²) in [5, 5.41) is 17.0. The van der Waals surface area contributed by atoms with Crippen LogP contribution in [-0.2, 0) is 14.2 Å². The minimum Gasteiger partial charge on any atom is -0.499 e. The lowest BCUT2D eigenvalue weighted by Crippen LogP contribution is -2.26. The third-order valence-electron chi connectivity index (χ3n) is 1.38. The summed E-state index contributed by atoms with van der Waals surface area (Å²) in [5.74, 6) is 0. The summed E-state index contributed by atoms with van der Waals surface area (Å²) in [5.41, 5.74) is 0. The van der Waals surface area contributed by atoms with E-state index in [0.717, 1.165) is 0 Å². The van der Waals surface area contributed by atoms with Crippen LogP contribution in [0.5, 0.6) is 0 Å². The van der Waals surface area contributed by atoms with Crippen molar-refractivity contribution < 1.29 is 24.4 Å². The van der Waals surface area contributed by atoms with Gasteiger partial charge in [0.2, 0.25) is 0 Å². The number of ether oxygens (including phenoxy) is 3. The lowest BCUT2D eigenvalue weighted by atomic mass is 10.4. The molecule has 0 aromatic rings. The third-order valence-corrected chi connectivity index (χ3v) is 1.38. The maximum absolute atomic E-state index is 8.55. The van der Waals surface area contributed by atoms with Crippen LogP contribution in [0.1, 0.15) is 0 Å². The van der Waals surface area contributed by atoms with E-state index in [9.17, 15) is 0 Å². The van der Waals surface area contributed by atoms with Gasteiger partial charge in [0.05, 0.1) is 39.3 Å². The highest BCUT2D eigenvalue weighted by atomic mass is 16.6. The first-order valence-electron chi connectivity index (χ1n) is 4.48. The van der Waals surface area contributed by atoms with Gasteiger partial charge in [0.1, 0.15) is 12.7 Å². The van der Waals surface area contributed by atoms with Gasteiger partial charge in [0.25, 0.3) is 0 Å². The smallest absolute Gasteiger partial charge is 0.116 e. The highest BCUT2D eigenvalue weighted by molar-refractivity contribution is 4.59. The number of rotatable bonds is 10. The van der Waals surface area contributed by atoms with Gasteiger partial charge in [-0.1, -0.05) is 6.58 Å². The molecule has 2 N–H and O–H groups in total. The van der Waals surface area contributed by atoms with Gasteiger partial charge in [0, 0.05) is 0 Å². The largest absolute Gasteiger partial charge is 0.499 e. The van der Waals surface area contributed by atoms with E-state index in [1.54, 1.807) is 0 Å². The van der Waals surface area contributed by atoms with E-state index in [1.165, 1.54) is 6.26 Å². The average molecular weight is 206 g/mol.